The molecule has 34 nitrogen and oxygen atoms in total. The van der Waals surface area contributed by atoms with Crippen LogP contribution < -0.4 is 58.9 Å². The highest BCUT2D eigenvalue weighted by Crippen LogP contribution is 2.34. The van der Waals surface area contributed by atoms with E-state index in [9.17, 15) is 72.0 Å². The lowest BCUT2D eigenvalue weighted by Gasteiger charge is -2.25. The Bertz CT molecular complexity index is 2880. The number of aliphatic hydroxyl groups excluding tert-OH is 1. The van der Waals surface area contributed by atoms with E-state index < -0.39 is 160 Å². The van der Waals surface area contributed by atoms with Gasteiger partial charge in [-0.3, -0.25) is 67.0 Å². The molecule has 35 heteroatoms. The summed E-state index contributed by atoms with van der Waals surface area (Å²) in [5.41, 5.74) is 7.41. The van der Waals surface area contributed by atoms with E-state index in [0.717, 1.165) is 12.2 Å². The molecule has 0 spiro atoms. The summed E-state index contributed by atoms with van der Waals surface area (Å²) >= 11 is 0. The van der Waals surface area contributed by atoms with Crippen LogP contribution in [0, 0.1) is 0 Å². The topological polar surface area (TPSA) is 495 Å². The van der Waals surface area contributed by atoms with Gasteiger partial charge in [0.15, 0.2) is 0 Å². The van der Waals surface area contributed by atoms with E-state index in [4.69, 9.17) is 39.2 Å². The minimum Gasteiger partial charge on any atom is -0.464 e. The third kappa shape index (κ3) is 30.5. The second kappa shape index (κ2) is 41.7. The summed E-state index contributed by atoms with van der Waals surface area (Å²) in [6.45, 7) is -1.69. The number of hydrogen-bond donors (Lipinski definition) is 14. The Hall–Kier alpha value is -8.60. The van der Waals surface area contributed by atoms with Crippen molar-refractivity contribution in [1.29, 1.82) is 0 Å². The zero-order valence-corrected chi connectivity index (χ0v) is 51.4. The van der Waals surface area contributed by atoms with Gasteiger partial charge in [0.05, 0.1) is 98.3 Å². The van der Waals surface area contributed by atoms with Crippen LogP contribution in [0.25, 0.3) is 0 Å². The average molecular weight is 1320 g/mol. The summed E-state index contributed by atoms with van der Waals surface area (Å²) in [4.78, 5) is 186. The summed E-state index contributed by atoms with van der Waals surface area (Å²) in [6, 6.07) is 8.54. The SMILES string of the molecule is NCCCC[C@H](NC(=O)[C@H](CC(=O)N[C@H]1CCOC1=O)NC(=O)CCOCCOCCOCCOCCNC(=O)[C@H](CNC(=O)CCP(=O)(O)O)N1C(=O)C=CC1=O)C(=O)NCC(=O)NCC(=O)N[C@@H](Cc1ccccc1)C(=O)NCC(=O)Nc1ccc(CO)cc1. The van der Waals surface area contributed by atoms with E-state index >= 15 is 0 Å². The molecule has 2 heterocycles. The smallest absolute Gasteiger partial charge is 0.328 e. The van der Waals surface area contributed by atoms with E-state index in [-0.39, 0.29) is 105 Å². The molecule has 2 aromatic rings. The molecule has 92 heavy (non-hydrogen) atoms. The number of imide groups is 1. The van der Waals surface area contributed by atoms with Crippen molar-refractivity contribution < 1.29 is 105 Å². The van der Waals surface area contributed by atoms with Crippen molar-refractivity contribution in [2.24, 2.45) is 5.73 Å². The lowest BCUT2D eigenvalue weighted by Crippen LogP contribution is -2.56. The van der Waals surface area contributed by atoms with Crippen LogP contribution in [0.3, 0.4) is 0 Å². The summed E-state index contributed by atoms with van der Waals surface area (Å²) in [5.74, 6) is -10.1. The van der Waals surface area contributed by atoms with Gasteiger partial charge in [-0.2, -0.15) is 0 Å². The van der Waals surface area contributed by atoms with Gasteiger partial charge in [-0.15, -0.1) is 0 Å². The molecule has 506 valence electrons. The molecule has 0 unspecified atom stereocenters. The van der Waals surface area contributed by atoms with Crippen LogP contribution in [-0.4, -0.2) is 232 Å². The molecule has 0 saturated carbocycles. The number of unbranched alkanes of at least 4 members (excludes halogenated alkanes) is 1. The molecule has 5 atom stereocenters. The molecule has 12 amide bonds. The largest absolute Gasteiger partial charge is 0.464 e. The number of nitrogens with one attached hydrogen (secondary N) is 10. The minimum atomic E-state index is -4.47. The first-order valence-electron chi connectivity index (χ1n) is 29.4. The van der Waals surface area contributed by atoms with Crippen LogP contribution in [0.2, 0.25) is 0 Å². The van der Waals surface area contributed by atoms with Crippen LogP contribution in [0.5, 0.6) is 0 Å². The number of carbonyl (C=O) groups is 13. The molecule has 1 saturated heterocycles. The fourth-order valence-corrected chi connectivity index (χ4v) is 8.95. The van der Waals surface area contributed by atoms with Crippen LogP contribution in [0.4, 0.5) is 5.69 Å². The lowest BCUT2D eigenvalue weighted by molar-refractivity contribution is -0.145. The molecule has 4 rings (SSSR count). The van der Waals surface area contributed by atoms with E-state index in [1.54, 1.807) is 54.6 Å². The molecule has 2 aromatic carbocycles. The molecule has 2 aliphatic heterocycles. The van der Waals surface area contributed by atoms with Crippen molar-refractivity contribution in [1.82, 2.24) is 52.8 Å². The number of amides is 12. The lowest BCUT2D eigenvalue weighted by atomic mass is 10.1. The molecule has 2 aliphatic rings. The van der Waals surface area contributed by atoms with Crippen LogP contribution >= 0.6 is 7.60 Å². The third-order valence-corrected chi connectivity index (χ3v) is 14.1. The Balaban J connectivity index is 1.17. The highest BCUT2D eigenvalue weighted by atomic mass is 31.2. The van der Waals surface area contributed by atoms with E-state index in [2.05, 4.69) is 53.2 Å². The van der Waals surface area contributed by atoms with Crippen molar-refractivity contribution in [3.05, 3.63) is 77.9 Å². The molecular weight excluding hydrogens is 1240 g/mol. The van der Waals surface area contributed by atoms with Gasteiger partial charge >= 0.3 is 13.6 Å². The van der Waals surface area contributed by atoms with E-state index in [1.807, 2.05) is 0 Å². The molecule has 0 bridgehead atoms. The van der Waals surface area contributed by atoms with Crippen molar-refractivity contribution in [2.45, 2.75) is 88.2 Å². The number of carbonyl (C=O) groups excluding carboxylic acids is 13. The van der Waals surface area contributed by atoms with Gasteiger partial charge in [-0.1, -0.05) is 42.5 Å². The van der Waals surface area contributed by atoms with Gasteiger partial charge in [-0.05, 0) is 49.1 Å². The van der Waals surface area contributed by atoms with Gasteiger partial charge in [0.25, 0.3) is 11.8 Å². The zero-order valence-electron chi connectivity index (χ0n) is 50.5. The van der Waals surface area contributed by atoms with E-state index in [1.165, 1.54) is 0 Å². The predicted molar refractivity (Wildman–Crippen MR) is 321 cm³/mol. The van der Waals surface area contributed by atoms with Gasteiger partial charge in [-0.25, -0.2) is 4.79 Å². The van der Waals surface area contributed by atoms with Crippen LogP contribution in [0.1, 0.15) is 56.1 Å². The predicted octanol–water partition coefficient (Wildman–Crippen LogP) is -5.34. The number of nitrogens with two attached hydrogens (primary N) is 1. The summed E-state index contributed by atoms with van der Waals surface area (Å²) in [7, 11) is -4.47. The maximum absolute atomic E-state index is 13.9. The number of esters is 1. The zero-order chi connectivity index (χ0) is 67.3. The highest BCUT2D eigenvalue weighted by molar-refractivity contribution is 7.51. The van der Waals surface area contributed by atoms with Crippen LogP contribution in [0.15, 0.2) is 66.7 Å². The quantitative estimate of drug-likeness (QED) is 0.0127. The summed E-state index contributed by atoms with van der Waals surface area (Å²) in [6.07, 6.45) is 0.608. The highest BCUT2D eigenvalue weighted by Gasteiger charge is 2.37. The number of cyclic esters (lactones) is 1. The van der Waals surface area contributed by atoms with E-state index in [0.29, 0.717) is 34.6 Å². The number of nitrogens with zero attached hydrogens (tertiary/aromatic N) is 1. The molecule has 0 aromatic heterocycles. The molecular formula is C57H81N12O22P. The summed E-state index contributed by atoms with van der Waals surface area (Å²) in [5, 5.41) is 34.0. The van der Waals surface area contributed by atoms with Gasteiger partial charge in [0, 0.05) is 56.6 Å². The molecule has 0 radical (unpaired) electrons. The van der Waals surface area contributed by atoms with Crippen molar-refractivity contribution in [3.63, 3.8) is 0 Å². The van der Waals surface area contributed by atoms with Crippen molar-refractivity contribution in [3.8, 4) is 0 Å². The first-order chi connectivity index (χ1) is 44.0. The minimum absolute atomic E-state index is 0.00101. The maximum atomic E-state index is 13.9. The number of hydrogen-bond acceptors (Lipinski definition) is 21. The number of benzene rings is 2. The third-order valence-electron chi connectivity index (χ3n) is 13.3. The molecule has 1 fully saturated rings. The first kappa shape index (κ1) is 75.9. The second-order valence-corrected chi connectivity index (χ2v) is 22.3. The molecule has 15 N–H and O–H groups in total. The summed E-state index contributed by atoms with van der Waals surface area (Å²) < 4.78 is 37.9. The molecule has 0 aliphatic carbocycles. The average Bonchev–Trinajstić information content (AvgIpc) is 1.72. The Kier molecular flexibility index (Phi) is 34.4. The number of ether oxygens (including phenoxy) is 5. The van der Waals surface area contributed by atoms with Gasteiger partial charge in [0.2, 0.25) is 59.1 Å². The van der Waals surface area contributed by atoms with Crippen molar-refractivity contribution >= 4 is 90.1 Å². The number of aliphatic hydroxyl groups is 1. The fourth-order valence-electron chi connectivity index (χ4n) is 8.46. The Morgan fingerprint density at radius 3 is 1.80 bits per heavy atom. The number of rotatable bonds is 45. The monoisotopic (exact) mass is 1320 g/mol. The van der Waals surface area contributed by atoms with Gasteiger partial charge in [0.1, 0.15) is 30.2 Å². The Morgan fingerprint density at radius 1 is 0.598 bits per heavy atom. The van der Waals surface area contributed by atoms with Crippen LogP contribution in [-0.2, 0) is 104 Å². The fraction of sp³-hybridized carbons (Fsp3) is 0.526. The number of anilines is 1. The second-order valence-electron chi connectivity index (χ2n) is 20.5. The Morgan fingerprint density at radius 2 is 1.20 bits per heavy atom. The first-order valence-corrected chi connectivity index (χ1v) is 31.2. The standard InChI is InChI=1S/C57H81N12O22P/c58-18-5-4-8-40(53(79)62-33-48(74)61-34-50(76)67-42(30-37-6-2-1-3-7-37)54(80)63-35-49(75)64-39-11-9-38(36-70)10-12-39)68-55(81)43(31-47(73)65-41-15-21-91-57(41)83)66-46(72)16-20-87-23-25-89-27-28-90-26-24-88-22-19-59-56(82)44(69-51(77)13-14-52(69)78)32-60-45(71)17-29-92(84,85)86/h1-3,6-7,9-14,40-44,70H,4-5,8,15-36,58H2,(H,59,82)(H,60,71)(H,61,74)(H,62,79)(H,63,80)(H,64,75)(H,65,73)(H,66,72)(H,67,76)(H,68,81)(H2,84,85,86)/t40-,41-,42-,43-,44-/m0/s1. The van der Waals surface area contributed by atoms with Gasteiger partial charge < -0.3 is 97.5 Å². The maximum Gasteiger partial charge on any atom is 0.328 e. The Labute approximate surface area is 528 Å². The normalized spacial score (nSPS) is 14.8. The van der Waals surface area contributed by atoms with Crippen molar-refractivity contribution in [2.75, 3.05) is 110 Å².